The predicted molar refractivity (Wildman–Crippen MR) is 75.5 cm³/mol. The van der Waals surface area contributed by atoms with E-state index in [-0.39, 0.29) is 29.6 Å². The number of phenolic OH excluding ortho intramolecular Hbond substituents is 1. The van der Waals surface area contributed by atoms with Gasteiger partial charge in [-0.05, 0) is 18.9 Å². The lowest BCUT2D eigenvalue weighted by Crippen LogP contribution is -2.41. The number of aromatic hydroxyl groups is 1. The number of nitrogens with two attached hydrogens (primary N) is 1. The molecule has 7 nitrogen and oxygen atoms in total. The smallest absolute Gasteiger partial charge is 0.273 e. The average molecular weight is 281 g/mol. The molecule has 0 saturated heterocycles. The zero-order valence-corrected chi connectivity index (χ0v) is 11.5. The minimum Gasteiger partial charge on any atom is -0.506 e. The summed E-state index contributed by atoms with van der Waals surface area (Å²) in [6.45, 7) is 3.93. The van der Waals surface area contributed by atoms with Gasteiger partial charge in [0.25, 0.3) is 5.69 Å². The summed E-state index contributed by atoms with van der Waals surface area (Å²) in [6.07, 6.45) is 1.14. The zero-order valence-electron chi connectivity index (χ0n) is 11.5. The van der Waals surface area contributed by atoms with E-state index < -0.39 is 10.3 Å². The Morgan fingerprint density at radius 3 is 2.45 bits per heavy atom. The van der Waals surface area contributed by atoms with Gasteiger partial charge >= 0.3 is 0 Å². The van der Waals surface area contributed by atoms with E-state index in [2.05, 4.69) is 5.32 Å². The van der Waals surface area contributed by atoms with Gasteiger partial charge < -0.3 is 16.2 Å². The second kappa shape index (κ2) is 6.33. The molecular weight excluding hydrogens is 262 g/mol. The van der Waals surface area contributed by atoms with E-state index in [0.29, 0.717) is 12.8 Å². The van der Waals surface area contributed by atoms with Crippen LogP contribution in [-0.2, 0) is 4.79 Å². The molecule has 0 radical (unpaired) electrons. The number of amides is 1. The predicted octanol–water partition coefficient (Wildman–Crippen LogP) is 2.00. The minimum atomic E-state index is -0.700. The fraction of sp³-hybridized carbons (Fsp3) is 0.462. The fourth-order valence-electron chi connectivity index (χ4n) is 1.95. The number of rotatable bonds is 6. The van der Waals surface area contributed by atoms with Crippen LogP contribution in [0.15, 0.2) is 18.2 Å². The maximum absolute atomic E-state index is 12.3. The van der Waals surface area contributed by atoms with Crippen molar-refractivity contribution in [1.29, 1.82) is 0 Å². The molecule has 4 N–H and O–H groups in total. The first-order valence-corrected chi connectivity index (χ1v) is 6.39. The summed E-state index contributed by atoms with van der Waals surface area (Å²) in [5.41, 5.74) is 4.87. The Bertz CT molecular complexity index is 504. The first-order valence-electron chi connectivity index (χ1n) is 6.39. The molecule has 7 heteroatoms. The number of hydrogen-bond donors (Lipinski definition) is 3. The Labute approximate surface area is 116 Å². The number of nitro groups is 1. The third-order valence-corrected chi connectivity index (χ3v) is 3.67. The van der Waals surface area contributed by atoms with Gasteiger partial charge in [-0.1, -0.05) is 13.8 Å². The van der Waals surface area contributed by atoms with Crippen LogP contribution < -0.4 is 11.1 Å². The van der Waals surface area contributed by atoms with E-state index in [1.165, 1.54) is 12.1 Å². The number of carbonyl (C=O) groups is 1. The number of non-ortho nitro benzene ring substituents is 1. The van der Waals surface area contributed by atoms with Crippen molar-refractivity contribution >= 4 is 17.3 Å². The van der Waals surface area contributed by atoms with Crippen molar-refractivity contribution in [2.24, 2.45) is 11.1 Å². The van der Waals surface area contributed by atoms with Crippen molar-refractivity contribution in [3.05, 3.63) is 28.3 Å². The molecule has 0 heterocycles. The lowest BCUT2D eigenvalue weighted by atomic mass is 9.81. The zero-order chi connectivity index (χ0) is 15.3. The van der Waals surface area contributed by atoms with Gasteiger partial charge in [0.2, 0.25) is 5.91 Å². The van der Waals surface area contributed by atoms with Crippen LogP contribution in [0.25, 0.3) is 0 Å². The summed E-state index contributed by atoms with van der Waals surface area (Å²) in [5, 5.41) is 22.9. The Morgan fingerprint density at radius 2 is 2.05 bits per heavy atom. The van der Waals surface area contributed by atoms with E-state index in [1.807, 2.05) is 13.8 Å². The topological polar surface area (TPSA) is 118 Å². The maximum Gasteiger partial charge on any atom is 0.273 e. The molecule has 1 aromatic rings. The van der Waals surface area contributed by atoms with Gasteiger partial charge in [0, 0.05) is 12.6 Å². The van der Waals surface area contributed by atoms with Crippen LogP contribution in [0.3, 0.4) is 0 Å². The van der Waals surface area contributed by atoms with Gasteiger partial charge in [0.05, 0.1) is 22.1 Å². The highest BCUT2D eigenvalue weighted by molar-refractivity contribution is 5.96. The monoisotopic (exact) mass is 281 g/mol. The summed E-state index contributed by atoms with van der Waals surface area (Å²) < 4.78 is 0. The molecule has 0 spiro atoms. The standard InChI is InChI=1S/C13H19N3O4/c1-3-13(4-2,8-14)12(18)15-10-6-5-9(16(19)20)7-11(10)17/h5-7,17H,3-4,8,14H2,1-2H3,(H,15,18). The highest BCUT2D eigenvalue weighted by atomic mass is 16.6. The molecule has 1 amide bonds. The van der Waals surface area contributed by atoms with Crippen LogP contribution in [0.1, 0.15) is 26.7 Å². The summed E-state index contributed by atoms with van der Waals surface area (Å²) >= 11 is 0. The van der Waals surface area contributed by atoms with E-state index in [4.69, 9.17) is 5.73 Å². The van der Waals surface area contributed by atoms with Crippen LogP contribution in [0.4, 0.5) is 11.4 Å². The van der Waals surface area contributed by atoms with E-state index in [0.717, 1.165) is 6.07 Å². The van der Waals surface area contributed by atoms with Crippen LogP contribution in [-0.4, -0.2) is 22.5 Å². The number of anilines is 1. The van der Waals surface area contributed by atoms with Gasteiger partial charge in [-0.3, -0.25) is 14.9 Å². The summed E-state index contributed by atoms with van der Waals surface area (Å²) in [5.74, 6) is -0.639. The number of carbonyl (C=O) groups excluding carboxylic acids is 1. The van der Waals surface area contributed by atoms with Gasteiger partial charge in [-0.2, -0.15) is 0 Å². The Morgan fingerprint density at radius 1 is 1.45 bits per heavy atom. The first kappa shape index (κ1) is 15.9. The second-order valence-electron chi connectivity index (χ2n) is 4.60. The van der Waals surface area contributed by atoms with E-state index in [1.54, 1.807) is 0 Å². The number of benzene rings is 1. The van der Waals surface area contributed by atoms with Crippen molar-refractivity contribution in [3.63, 3.8) is 0 Å². The van der Waals surface area contributed by atoms with Crippen molar-refractivity contribution < 1.29 is 14.8 Å². The Balaban J connectivity index is 2.99. The van der Waals surface area contributed by atoms with Crippen LogP contribution >= 0.6 is 0 Å². The Hall–Kier alpha value is -2.15. The lowest BCUT2D eigenvalue weighted by Gasteiger charge is -2.28. The maximum atomic E-state index is 12.3. The fourth-order valence-corrected chi connectivity index (χ4v) is 1.95. The largest absolute Gasteiger partial charge is 0.506 e. The highest BCUT2D eigenvalue weighted by Gasteiger charge is 2.33. The average Bonchev–Trinajstić information content (AvgIpc) is 2.43. The van der Waals surface area contributed by atoms with Gasteiger partial charge in [0.1, 0.15) is 5.75 Å². The van der Waals surface area contributed by atoms with Crippen LogP contribution in [0.5, 0.6) is 5.75 Å². The molecule has 0 bridgehead atoms. The lowest BCUT2D eigenvalue weighted by molar-refractivity contribution is -0.384. The second-order valence-corrected chi connectivity index (χ2v) is 4.60. The SMILES string of the molecule is CCC(CC)(CN)C(=O)Nc1ccc([N+](=O)[O-])cc1O. The normalized spacial score (nSPS) is 11.2. The number of phenols is 1. The van der Waals surface area contributed by atoms with Gasteiger partial charge in [0.15, 0.2) is 0 Å². The van der Waals surface area contributed by atoms with Crippen molar-refractivity contribution in [1.82, 2.24) is 0 Å². The highest BCUT2D eigenvalue weighted by Crippen LogP contribution is 2.31. The van der Waals surface area contributed by atoms with Crippen molar-refractivity contribution in [2.75, 3.05) is 11.9 Å². The summed E-state index contributed by atoms with van der Waals surface area (Å²) in [4.78, 5) is 22.2. The Kier molecular flexibility index (Phi) is 5.04. The summed E-state index contributed by atoms with van der Waals surface area (Å²) in [7, 11) is 0. The van der Waals surface area contributed by atoms with Crippen molar-refractivity contribution in [3.8, 4) is 5.75 Å². The third kappa shape index (κ3) is 3.05. The van der Waals surface area contributed by atoms with Gasteiger partial charge in [-0.15, -0.1) is 0 Å². The molecule has 0 aliphatic heterocycles. The van der Waals surface area contributed by atoms with E-state index in [9.17, 15) is 20.0 Å². The third-order valence-electron chi connectivity index (χ3n) is 3.67. The molecule has 110 valence electrons. The molecule has 0 unspecified atom stereocenters. The first-order chi connectivity index (χ1) is 9.40. The van der Waals surface area contributed by atoms with E-state index >= 15 is 0 Å². The van der Waals surface area contributed by atoms with Gasteiger partial charge in [-0.25, -0.2) is 0 Å². The molecule has 1 rings (SSSR count). The molecule has 20 heavy (non-hydrogen) atoms. The minimum absolute atomic E-state index is 0.139. The molecule has 0 saturated carbocycles. The quantitative estimate of drug-likeness (QED) is 0.418. The molecule has 0 aromatic heterocycles. The molecular formula is C13H19N3O4. The number of nitrogens with zero attached hydrogens (tertiary/aromatic N) is 1. The molecule has 0 atom stereocenters. The molecule has 1 aromatic carbocycles. The van der Waals surface area contributed by atoms with Crippen LogP contribution in [0.2, 0.25) is 0 Å². The molecule has 0 fully saturated rings. The summed E-state index contributed by atoms with van der Waals surface area (Å²) in [6, 6.07) is 3.52. The molecule has 0 aliphatic carbocycles. The van der Waals surface area contributed by atoms with Crippen LogP contribution in [0, 0.1) is 15.5 Å². The number of nitro benzene ring substituents is 1. The number of hydrogen-bond acceptors (Lipinski definition) is 5. The number of nitrogens with one attached hydrogen (secondary N) is 1. The van der Waals surface area contributed by atoms with Crippen molar-refractivity contribution in [2.45, 2.75) is 26.7 Å². The molecule has 0 aliphatic rings.